The molecule has 1 heterocycles. The Morgan fingerprint density at radius 3 is 2.38 bits per heavy atom. The van der Waals surface area contributed by atoms with Gasteiger partial charge >= 0.3 is 0 Å². The second-order valence-corrected chi connectivity index (χ2v) is 7.01. The standard InChI is InChI=1S/C15H17Br2NO2S/c1-4-18-14(15-10(16)5-6-21-15)9-7-13(20-3)11(17)8-12(9)19-2/h5-8,14,18H,4H2,1-3H3. The van der Waals surface area contributed by atoms with E-state index in [1.165, 1.54) is 4.88 Å². The minimum Gasteiger partial charge on any atom is -0.496 e. The van der Waals surface area contributed by atoms with Gasteiger partial charge < -0.3 is 14.8 Å². The SMILES string of the molecule is CCNC(c1cc(OC)c(Br)cc1OC)c1sccc1Br. The zero-order valence-corrected chi connectivity index (χ0v) is 16.1. The molecule has 3 nitrogen and oxygen atoms in total. The second-order valence-electron chi connectivity index (χ2n) is 4.35. The lowest BCUT2D eigenvalue weighted by Gasteiger charge is -2.21. The smallest absolute Gasteiger partial charge is 0.133 e. The average molecular weight is 435 g/mol. The minimum atomic E-state index is 0.0568. The zero-order valence-electron chi connectivity index (χ0n) is 12.1. The van der Waals surface area contributed by atoms with Crippen molar-refractivity contribution in [1.82, 2.24) is 5.32 Å². The van der Waals surface area contributed by atoms with E-state index in [0.29, 0.717) is 0 Å². The van der Waals surface area contributed by atoms with Crippen molar-refractivity contribution in [2.45, 2.75) is 13.0 Å². The van der Waals surface area contributed by atoms with Crippen LogP contribution in [0.3, 0.4) is 0 Å². The molecular formula is C15H17Br2NO2S. The number of ether oxygens (including phenoxy) is 2. The van der Waals surface area contributed by atoms with Crippen LogP contribution in [0.25, 0.3) is 0 Å². The Labute approximate surface area is 145 Å². The molecule has 21 heavy (non-hydrogen) atoms. The Kier molecular flexibility index (Phi) is 6.10. The van der Waals surface area contributed by atoms with Gasteiger partial charge in [-0.3, -0.25) is 0 Å². The van der Waals surface area contributed by atoms with Crippen LogP contribution in [-0.4, -0.2) is 20.8 Å². The van der Waals surface area contributed by atoms with Crippen LogP contribution in [0.15, 0.2) is 32.5 Å². The van der Waals surface area contributed by atoms with Gasteiger partial charge in [0.05, 0.1) is 24.7 Å². The first-order valence-electron chi connectivity index (χ1n) is 6.50. The predicted octanol–water partition coefficient (Wildman–Crippen LogP) is 4.99. The molecule has 0 aliphatic rings. The number of halogens is 2. The largest absolute Gasteiger partial charge is 0.496 e. The third-order valence-electron chi connectivity index (χ3n) is 3.13. The van der Waals surface area contributed by atoms with Crippen molar-refractivity contribution in [3.8, 4) is 11.5 Å². The Hall–Kier alpha value is -0.560. The fourth-order valence-corrected chi connectivity index (χ4v) is 4.35. The van der Waals surface area contributed by atoms with Crippen molar-refractivity contribution in [3.63, 3.8) is 0 Å². The number of nitrogens with one attached hydrogen (secondary N) is 1. The summed E-state index contributed by atoms with van der Waals surface area (Å²) in [5, 5.41) is 5.59. The van der Waals surface area contributed by atoms with Crippen LogP contribution >= 0.6 is 43.2 Å². The molecular weight excluding hydrogens is 418 g/mol. The fraction of sp³-hybridized carbons (Fsp3) is 0.333. The molecule has 0 bridgehead atoms. The molecule has 1 unspecified atom stereocenters. The molecule has 6 heteroatoms. The monoisotopic (exact) mass is 433 g/mol. The Balaban J connectivity index is 2.56. The molecule has 0 fully saturated rings. The molecule has 2 aromatic rings. The summed E-state index contributed by atoms with van der Waals surface area (Å²) in [6.07, 6.45) is 0. The van der Waals surface area contributed by atoms with Crippen LogP contribution in [0.2, 0.25) is 0 Å². The lowest BCUT2D eigenvalue weighted by atomic mass is 10.0. The Morgan fingerprint density at radius 1 is 1.14 bits per heavy atom. The van der Waals surface area contributed by atoms with Gasteiger partial charge in [-0.1, -0.05) is 6.92 Å². The molecule has 0 aliphatic carbocycles. The van der Waals surface area contributed by atoms with E-state index in [4.69, 9.17) is 9.47 Å². The van der Waals surface area contributed by atoms with E-state index in [1.807, 2.05) is 12.1 Å². The second kappa shape index (κ2) is 7.63. The molecule has 0 amide bonds. The minimum absolute atomic E-state index is 0.0568. The lowest BCUT2D eigenvalue weighted by molar-refractivity contribution is 0.392. The topological polar surface area (TPSA) is 30.5 Å². The third kappa shape index (κ3) is 3.62. The van der Waals surface area contributed by atoms with E-state index in [1.54, 1.807) is 25.6 Å². The summed E-state index contributed by atoms with van der Waals surface area (Å²) in [5.74, 6) is 1.62. The van der Waals surface area contributed by atoms with Crippen LogP contribution in [-0.2, 0) is 0 Å². The quantitative estimate of drug-likeness (QED) is 0.694. The van der Waals surface area contributed by atoms with Crippen LogP contribution in [0.1, 0.15) is 23.4 Å². The summed E-state index contributed by atoms with van der Waals surface area (Å²) in [6, 6.07) is 6.08. The molecule has 1 N–H and O–H groups in total. The molecule has 0 aliphatic heterocycles. The summed E-state index contributed by atoms with van der Waals surface area (Å²) >= 11 is 8.83. The van der Waals surface area contributed by atoms with E-state index in [2.05, 4.69) is 55.5 Å². The van der Waals surface area contributed by atoms with E-state index in [0.717, 1.165) is 32.6 Å². The normalized spacial score (nSPS) is 12.2. The van der Waals surface area contributed by atoms with Gasteiger partial charge in [-0.2, -0.15) is 0 Å². The van der Waals surface area contributed by atoms with Crippen molar-refractivity contribution in [2.75, 3.05) is 20.8 Å². The number of hydrogen-bond donors (Lipinski definition) is 1. The van der Waals surface area contributed by atoms with Crippen molar-refractivity contribution in [1.29, 1.82) is 0 Å². The molecule has 114 valence electrons. The van der Waals surface area contributed by atoms with E-state index < -0.39 is 0 Å². The first-order valence-corrected chi connectivity index (χ1v) is 8.96. The fourth-order valence-electron chi connectivity index (χ4n) is 2.17. The van der Waals surface area contributed by atoms with Gasteiger partial charge in [-0.15, -0.1) is 11.3 Å². The van der Waals surface area contributed by atoms with Crippen molar-refractivity contribution >= 4 is 43.2 Å². The summed E-state index contributed by atoms with van der Waals surface area (Å²) in [5.41, 5.74) is 1.06. The van der Waals surface area contributed by atoms with Crippen LogP contribution in [0.4, 0.5) is 0 Å². The van der Waals surface area contributed by atoms with Crippen LogP contribution in [0.5, 0.6) is 11.5 Å². The summed E-state index contributed by atoms with van der Waals surface area (Å²) in [4.78, 5) is 1.22. The molecule has 0 saturated carbocycles. The van der Waals surface area contributed by atoms with Crippen LogP contribution in [0, 0.1) is 0 Å². The van der Waals surface area contributed by atoms with Gasteiger partial charge in [-0.25, -0.2) is 0 Å². The van der Waals surface area contributed by atoms with Crippen LogP contribution < -0.4 is 14.8 Å². The number of methoxy groups -OCH3 is 2. The Bertz CT molecular complexity index is 616. The summed E-state index contributed by atoms with van der Waals surface area (Å²) in [6.45, 7) is 2.95. The highest BCUT2D eigenvalue weighted by molar-refractivity contribution is 9.10. The number of hydrogen-bond acceptors (Lipinski definition) is 4. The van der Waals surface area contributed by atoms with Gasteiger partial charge in [0.2, 0.25) is 0 Å². The highest BCUT2D eigenvalue weighted by Gasteiger charge is 2.22. The highest BCUT2D eigenvalue weighted by atomic mass is 79.9. The Morgan fingerprint density at radius 2 is 1.86 bits per heavy atom. The maximum atomic E-state index is 5.55. The molecule has 1 aromatic carbocycles. The molecule has 0 radical (unpaired) electrons. The summed E-state index contributed by atoms with van der Waals surface area (Å²) < 4.78 is 13.0. The van der Waals surface area contributed by atoms with Gasteiger partial charge in [0.15, 0.2) is 0 Å². The van der Waals surface area contributed by atoms with Gasteiger partial charge in [0.1, 0.15) is 11.5 Å². The lowest BCUT2D eigenvalue weighted by Crippen LogP contribution is -2.22. The molecule has 1 aromatic heterocycles. The maximum absolute atomic E-state index is 5.55. The van der Waals surface area contributed by atoms with Crippen molar-refractivity contribution in [3.05, 3.63) is 43.0 Å². The van der Waals surface area contributed by atoms with E-state index >= 15 is 0 Å². The van der Waals surface area contributed by atoms with Gasteiger partial charge in [-0.05, 0) is 62.0 Å². The zero-order chi connectivity index (χ0) is 15.4. The summed E-state index contributed by atoms with van der Waals surface area (Å²) in [7, 11) is 3.35. The first-order chi connectivity index (χ1) is 10.1. The number of thiophene rings is 1. The molecule has 0 saturated heterocycles. The first kappa shape index (κ1) is 16.8. The average Bonchev–Trinajstić information content (AvgIpc) is 2.90. The predicted molar refractivity (Wildman–Crippen MR) is 94.8 cm³/mol. The highest BCUT2D eigenvalue weighted by Crippen LogP contribution is 2.41. The molecule has 1 atom stereocenters. The molecule has 0 spiro atoms. The number of benzene rings is 1. The van der Waals surface area contributed by atoms with Crippen molar-refractivity contribution in [2.24, 2.45) is 0 Å². The van der Waals surface area contributed by atoms with Crippen molar-refractivity contribution < 1.29 is 9.47 Å². The van der Waals surface area contributed by atoms with E-state index in [-0.39, 0.29) is 6.04 Å². The maximum Gasteiger partial charge on any atom is 0.133 e. The number of rotatable bonds is 6. The molecule has 2 rings (SSSR count). The van der Waals surface area contributed by atoms with Gasteiger partial charge in [0, 0.05) is 14.9 Å². The van der Waals surface area contributed by atoms with E-state index in [9.17, 15) is 0 Å². The van der Waals surface area contributed by atoms with Gasteiger partial charge in [0.25, 0.3) is 0 Å². The third-order valence-corrected chi connectivity index (χ3v) is 5.69.